The maximum absolute atomic E-state index is 2.54. The van der Waals surface area contributed by atoms with Gasteiger partial charge in [0.25, 0.3) is 0 Å². The third kappa shape index (κ3) is 0.367. The highest BCUT2D eigenvalue weighted by molar-refractivity contribution is 5.37. The Morgan fingerprint density at radius 2 is 1.25 bits per heavy atom. The van der Waals surface area contributed by atoms with Gasteiger partial charge in [-0.1, -0.05) is 34.1 Å². The van der Waals surface area contributed by atoms with Crippen LogP contribution in [0.15, 0.2) is 0 Å². The van der Waals surface area contributed by atoms with Gasteiger partial charge in [-0.05, 0) is 40.9 Å². The molecule has 3 aliphatic rings. The Kier molecular flexibility index (Phi) is 0.932. The van der Waals surface area contributed by atoms with Crippen LogP contribution in [0.1, 0.15) is 47.0 Å². The average molecular weight is 164 g/mol. The van der Waals surface area contributed by atoms with Crippen LogP contribution in [-0.4, -0.2) is 0 Å². The van der Waals surface area contributed by atoms with E-state index in [1.807, 2.05) is 0 Å². The minimum absolute atomic E-state index is 0.649. The molecule has 3 saturated carbocycles. The summed E-state index contributed by atoms with van der Waals surface area (Å²) in [5.74, 6) is 2.19. The van der Waals surface area contributed by atoms with E-state index in [9.17, 15) is 0 Å². The Labute approximate surface area is 75.7 Å². The highest BCUT2D eigenvalue weighted by Gasteiger charge is 2.90. The molecule has 0 heterocycles. The van der Waals surface area contributed by atoms with E-state index in [2.05, 4.69) is 27.7 Å². The fourth-order valence-electron chi connectivity index (χ4n) is 5.36. The van der Waals surface area contributed by atoms with E-state index in [0.29, 0.717) is 5.41 Å². The summed E-state index contributed by atoms with van der Waals surface area (Å²) in [7, 11) is 0. The van der Waals surface area contributed by atoms with Crippen molar-refractivity contribution in [3.05, 3.63) is 0 Å². The maximum atomic E-state index is 2.54. The summed E-state index contributed by atoms with van der Waals surface area (Å²) in [5.41, 5.74) is 2.10. The summed E-state index contributed by atoms with van der Waals surface area (Å²) in [6, 6.07) is 0. The molecule has 3 aliphatic carbocycles. The van der Waals surface area contributed by atoms with Crippen molar-refractivity contribution in [1.29, 1.82) is 0 Å². The molecule has 0 saturated heterocycles. The molecule has 0 aromatic rings. The molecule has 3 fully saturated rings. The average Bonchev–Trinajstić information content (AvgIpc) is 2.49. The van der Waals surface area contributed by atoms with Crippen LogP contribution in [0.5, 0.6) is 0 Å². The van der Waals surface area contributed by atoms with Crippen LogP contribution in [0.25, 0.3) is 0 Å². The Morgan fingerprint density at radius 1 is 0.833 bits per heavy atom. The highest BCUT2D eigenvalue weighted by atomic mass is 14.9. The summed E-state index contributed by atoms with van der Waals surface area (Å²) in [5, 5.41) is 0. The lowest BCUT2D eigenvalue weighted by atomic mass is 9.60. The fraction of sp³-hybridized carbons (Fsp3) is 1.00. The SMILES string of the molecule is CC1(C)C2(C)C3CCCC3C12C. The van der Waals surface area contributed by atoms with Gasteiger partial charge in [-0.3, -0.25) is 0 Å². The van der Waals surface area contributed by atoms with Gasteiger partial charge < -0.3 is 0 Å². The molecule has 3 rings (SSSR count). The summed E-state index contributed by atoms with van der Waals surface area (Å²) in [4.78, 5) is 0. The van der Waals surface area contributed by atoms with Crippen molar-refractivity contribution in [2.45, 2.75) is 47.0 Å². The molecular formula is C12H20. The summed E-state index contributed by atoms with van der Waals surface area (Å²) < 4.78 is 0. The molecule has 0 heteroatoms. The first-order valence-electron chi connectivity index (χ1n) is 5.48. The van der Waals surface area contributed by atoms with Crippen molar-refractivity contribution in [2.75, 3.05) is 0 Å². The summed E-state index contributed by atoms with van der Waals surface area (Å²) in [6.07, 6.45) is 4.57. The van der Waals surface area contributed by atoms with E-state index in [1.54, 1.807) is 0 Å². The quantitative estimate of drug-likeness (QED) is 0.514. The van der Waals surface area contributed by atoms with Gasteiger partial charge >= 0.3 is 0 Å². The molecule has 0 aromatic heterocycles. The molecule has 4 atom stereocenters. The van der Waals surface area contributed by atoms with E-state index in [1.165, 1.54) is 19.3 Å². The number of hydrogen-bond acceptors (Lipinski definition) is 0. The lowest BCUT2D eigenvalue weighted by molar-refractivity contribution is 0.0302. The molecule has 0 nitrogen and oxygen atoms in total. The predicted molar refractivity (Wildman–Crippen MR) is 50.8 cm³/mol. The number of fused-ring (bicyclic) bond motifs is 4. The molecule has 0 spiro atoms. The fourth-order valence-corrected chi connectivity index (χ4v) is 5.36. The molecule has 0 amide bonds. The van der Waals surface area contributed by atoms with Crippen molar-refractivity contribution < 1.29 is 0 Å². The van der Waals surface area contributed by atoms with Crippen molar-refractivity contribution >= 4 is 0 Å². The first-order valence-corrected chi connectivity index (χ1v) is 5.48. The Hall–Kier alpha value is 0. The van der Waals surface area contributed by atoms with Crippen LogP contribution in [0, 0.1) is 28.1 Å². The van der Waals surface area contributed by atoms with Crippen LogP contribution >= 0.6 is 0 Å². The minimum atomic E-state index is 0.649. The molecule has 0 radical (unpaired) electrons. The Bertz CT molecular complexity index is 229. The lowest BCUT2D eigenvalue weighted by Gasteiger charge is -2.44. The molecule has 12 heavy (non-hydrogen) atoms. The largest absolute Gasteiger partial charge is 0.0588 e. The second-order valence-electron chi connectivity index (χ2n) is 6.17. The van der Waals surface area contributed by atoms with E-state index in [0.717, 1.165) is 22.7 Å². The monoisotopic (exact) mass is 164 g/mol. The number of rotatable bonds is 0. The molecule has 0 N–H and O–H groups in total. The zero-order chi connectivity index (χ0) is 8.78. The van der Waals surface area contributed by atoms with E-state index >= 15 is 0 Å². The second-order valence-corrected chi connectivity index (χ2v) is 6.17. The van der Waals surface area contributed by atoms with Gasteiger partial charge in [-0.2, -0.15) is 0 Å². The van der Waals surface area contributed by atoms with Gasteiger partial charge in [0, 0.05) is 0 Å². The van der Waals surface area contributed by atoms with Gasteiger partial charge in [0.2, 0.25) is 0 Å². The first kappa shape index (κ1) is 7.41. The van der Waals surface area contributed by atoms with Gasteiger partial charge in [-0.15, -0.1) is 0 Å². The first-order chi connectivity index (χ1) is 5.48. The Morgan fingerprint density at radius 3 is 1.67 bits per heavy atom. The molecule has 68 valence electrons. The van der Waals surface area contributed by atoms with Crippen LogP contribution in [0.3, 0.4) is 0 Å². The van der Waals surface area contributed by atoms with E-state index < -0.39 is 0 Å². The standard InChI is InChI=1S/C12H20/c1-10(2)11(3)8-6-5-7-9(8)12(10,11)4/h8-9H,5-7H2,1-4H3. The predicted octanol–water partition coefficient (Wildman–Crippen LogP) is 3.47. The maximum Gasteiger partial charge on any atom is -0.0176 e. The third-order valence-corrected chi connectivity index (χ3v) is 6.61. The van der Waals surface area contributed by atoms with Gasteiger partial charge in [0.05, 0.1) is 0 Å². The normalized spacial score (nSPS) is 65.0. The zero-order valence-electron chi connectivity index (χ0n) is 8.78. The van der Waals surface area contributed by atoms with Gasteiger partial charge in [0.1, 0.15) is 0 Å². The molecule has 0 bridgehead atoms. The molecule has 4 unspecified atom stereocenters. The zero-order valence-corrected chi connectivity index (χ0v) is 8.78. The van der Waals surface area contributed by atoms with Gasteiger partial charge in [-0.25, -0.2) is 0 Å². The second kappa shape index (κ2) is 1.51. The van der Waals surface area contributed by atoms with E-state index in [-0.39, 0.29) is 0 Å². The van der Waals surface area contributed by atoms with Crippen LogP contribution in [-0.2, 0) is 0 Å². The number of hydrogen-bond donors (Lipinski definition) is 0. The summed E-state index contributed by atoms with van der Waals surface area (Å²) in [6.45, 7) is 10.1. The topological polar surface area (TPSA) is 0 Å². The van der Waals surface area contributed by atoms with Crippen LogP contribution in [0.2, 0.25) is 0 Å². The van der Waals surface area contributed by atoms with Crippen molar-refractivity contribution in [3.63, 3.8) is 0 Å². The minimum Gasteiger partial charge on any atom is -0.0588 e. The van der Waals surface area contributed by atoms with Crippen molar-refractivity contribution in [3.8, 4) is 0 Å². The third-order valence-electron chi connectivity index (χ3n) is 6.61. The van der Waals surface area contributed by atoms with Crippen LogP contribution < -0.4 is 0 Å². The van der Waals surface area contributed by atoms with E-state index in [4.69, 9.17) is 0 Å². The summed E-state index contributed by atoms with van der Waals surface area (Å²) >= 11 is 0. The van der Waals surface area contributed by atoms with Crippen LogP contribution in [0.4, 0.5) is 0 Å². The Balaban J connectivity index is 2.05. The highest BCUT2D eigenvalue weighted by Crippen LogP contribution is 2.95. The van der Waals surface area contributed by atoms with Gasteiger partial charge in [0.15, 0.2) is 0 Å². The molecule has 0 aliphatic heterocycles. The lowest BCUT2D eigenvalue weighted by Crippen LogP contribution is -2.39. The molecular weight excluding hydrogens is 144 g/mol. The molecule has 0 aromatic carbocycles. The van der Waals surface area contributed by atoms with Crippen molar-refractivity contribution in [2.24, 2.45) is 28.1 Å². The smallest absolute Gasteiger partial charge is 0.0176 e. The van der Waals surface area contributed by atoms with Crippen molar-refractivity contribution in [1.82, 2.24) is 0 Å².